The fourth-order valence-electron chi connectivity index (χ4n) is 2.46. The van der Waals surface area contributed by atoms with Crippen LogP contribution in [-0.4, -0.2) is 65.0 Å². The lowest BCUT2D eigenvalue weighted by Crippen LogP contribution is -2.42. The number of ether oxygens (including phenoxy) is 1. The molecule has 4 N–H and O–H groups in total. The number of aromatic nitrogens is 4. The Morgan fingerprint density at radius 1 is 1.41 bits per heavy atom. The smallest absolute Gasteiger partial charge is 0.278 e. The number of ketones is 1. The van der Waals surface area contributed by atoms with Crippen LogP contribution >= 0.6 is 0 Å². The number of carbonyl (C=O) groups excluding carboxylic acids is 1. The Balaban J connectivity index is 1.99. The molecule has 0 aromatic carbocycles. The number of imidazole rings is 1. The summed E-state index contributed by atoms with van der Waals surface area (Å²) in [4.78, 5) is 33.0. The number of H-pyrrole nitrogens is 1. The SMILES string of the molecule is CC(=O)C(O)[C@H]1O[C@@H](n2cnc3c(=O)[nH]cnc32)[C@H](O)[C@@H]1O. The molecule has 118 valence electrons. The van der Waals surface area contributed by atoms with Crippen molar-refractivity contribution < 1.29 is 24.9 Å². The van der Waals surface area contributed by atoms with Crippen LogP contribution in [0.5, 0.6) is 0 Å². The van der Waals surface area contributed by atoms with Gasteiger partial charge in [-0.1, -0.05) is 0 Å². The largest absolute Gasteiger partial charge is 0.387 e. The highest BCUT2D eigenvalue weighted by atomic mass is 16.6. The maximum atomic E-state index is 11.6. The van der Waals surface area contributed by atoms with Crippen molar-refractivity contribution in [2.45, 2.75) is 37.6 Å². The number of fused-ring (bicyclic) bond motifs is 1. The van der Waals surface area contributed by atoms with Crippen molar-refractivity contribution in [3.05, 3.63) is 23.0 Å². The zero-order valence-corrected chi connectivity index (χ0v) is 11.4. The number of nitrogens with one attached hydrogen (secondary N) is 1. The van der Waals surface area contributed by atoms with Crippen LogP contribution in [-0.2, 0) is 9.53 Å². The van der Waals surface area contributed by atoms with Crippen LogP contribution in [0.3, 0.4) is 0 Å². The van der Waals surface area contributed by atoms with Crippen LogP contribution < -0.4 is 5.56 Å². The van der Waals surface area contributed by atoms with Crippen molar-refractivity contribution in [2.24, 2.45) is 0 Å². The molecule has 0 amide bonds. The van der Waals surface area contributed by atoms with Crippen molar-refractivity contribution in [2.75, 3.05) is 0 Å². The molecule has 10 heteroatoms. The Labute approximate surface area is 123 Å². The summed E-state index contributed by atoms with van der Waals surface area (Å²) in [5.74, 6) is -0.595. The molecule has 10 nitrogen and oxygen atoms in total. The summed E-state index contributed by atoms with van der Waals surface area (Å²) in [6.07, 6.45) is -4.47. The van der Waals surface area contributed by atoms with Gasteiger partial charge in [-0.3, -0.25) is 14.2 Å². The number of carbonyl (C=O) groups is 1. The Kier molecular flexibility index (Phi) is 3.53. The third-order valence-electron chi connectivity index (χ3n) is 3.64. The molecule has 0 spiro atoms. The van der Waals surface area contributed by atoms with Gasteiger partial charge in [0.05, 0.1) is 12.7 Å². The Morgan fingerprint density at radius 2 is 2.14 bits per heavy atom. The average Bonchev–Trinajstić information content (AvgIpc) is 3.02. The molecule has 2 aromatic rings. The van der Waals surface area contributed by atoms with E-state index in [1.807, 2.05) is 0 Å². The van der Waals surface area contributed by atoms with E-state index in [4.69, 9.17) is 4.74 Å². The highest BCUT2D eigenvalue weighted by Gasteiger charge is 2.48. The van der Waals surface area contributed by atoms with E-state index in [-0.39, 0.29) is 11.2 Å². The molecule has 0 radical (unpaired) electrons. The third kappa shape index (κ3) is 2.13. The summed E-state index contributed by atoms with van der Waals surface area (Å²) in [5, 5.41) is 29.8. The lowest BCUT2D eigenvalue weighted by atomic mass is 10.0. The van der Waals surface area contributed by atoms with Gasteiger partial charge >= 0.3 is 0 Å². The number of Topliss-reactive ketones (excluding diaryl/α,β-unsaturated/α-hetero) is 1. The summed E-state index contributed by atoms with van der Waals surface area (Å²) in [6, 6.07) is 0. The second kappa shape index (κ2) is 5.25. The van der Waals surface area contributed by atoms with Crippen molar-refractivity contribution in [1.29, 1.82) is 0 Å². The molecule has 0 bridgehead atoms. The molecule has 1 aliphatic rings. The van der Waals surface area contributed by atoms with Crippen molar-refractivity contribution >= 4 is 16.9 Å². The average molecular weight is 310 g/mol. The van der Waals surface area contributed by atoms with E-state index in [0.29, 0.717) is 0 Å². The molecule has 2 aromatic heterocycles. The first-order chi connectivity index (χ1) is 10.4. The van der Waals surface area contributed by atoms with Crippen LogP contribution in [0.4, 0.5) is 0 Å². The maximum absolute atomic E-state index is 11.6. The molecular formula is C12H14N4O6. The topological polar surface area (TPSA) is 151 Å². The standard InChI is InChI=1S/C12H14N4O6/c1-4(17)6(18)9-7(19)8(20)12(22-9)16-3-15-5-10(16)13-2-14-11(5)21/h2-3,6-9,12,18-20H,1H3,(H,13,14,21)/t6?,7-,8+,9+,12+/m0/s1. The van der Waals surface area contributed by atoms with Crippen molar-refractivity contribution in [3.63, 3.8) is 0 Å². The van der Waals surface area contributed by atoms with Gasteiger partial charge in [-0.2, -0.15) is 0 Å². The Bertz CT molecular complexity index is 770. The second-order valence-electron chi connectivity index (χ2n) is 5.08. The molecule has 5 atom stereocenters. The van der Waals surface area contributed by atoms with Gasteiger partial charge in [0.2, 0.25) is 0 Å². The van der Waals surface area contributed by atoms with Gasteiger partial charge in [-0.15, -0.1) is 0 Å². The zero-order valence-electron chi connectivity index (χ0n) is 11.4. The van der Waals surface area contributed by atoms with E-state index in [0.717, 1.165) is 6.92 Å². The maximum Gasteiger partial charge on any atom is 0.278 e. The Morgan fingerprint density at radius 3 is 2.82 bits per heavy atom. The van der Waals surface area contributed by atoms with Crippen molar-refractivity contribution in [3.8, 4) is 0 Å². The highest BCUT2D eigenvalue weighted by molar-refractivity contribution is 5.81. The van der Waals surface area contributed by atoms with E-state index < -0.39 is 42.0 Å². The van der Waals surface area contributed by atoms with Crippen LogP contribution in [0, 0.1) is 0 Å². The van der Waals surface area contributed by atoms with Gasteiger partial charge in [0.15, 0.2) is 23.2 Å². The minimum Gasteiger partial charge on any atom is -0.387 e. The molecule has 3 rings (SSSR count). The summed E-state index contributed by atoms with van der Waals surface area (Å²) in [6.45, 7) is 1.15. The molecule has 0 aliphatic carbocycles. The number of hydrogen-bond acceptors (Lipinski definition) is 8. The summed E-state index contributed by atoms with van der Waals surface area (Å²) in [5.41, 5.74) is -0.265. The van der Waals surface area contributed by atoms with Gasteiger partial charge in [-0.05, 0) is 6.92 Å². The monoisotopic (exact) mass is 310 g/mol. The van der Waals surface area contributed by atoms with Gasteiger partial charge in [-0.25, -0.2) is 9.97 Å². The Hall–Kier alpha value is -2.14. The van der Waals surface area contributed by atoms with Crippen LogP contribution in [0.2, 0.25) is 0 Å². The van der Waals surface area contributed by atoms with Gasteiger partial charge in [0, 0.05) is 0 Å². The molecule has 1 saturated heterocycles. The summed E-state index contributed by atoms with van der Waals surface area (Å²) >= 11 is 0. The normalized spacial score (nSPS) is 29.8. The number of aromatic amines is 1. The van der Waals surface area contributed by atoms with E-state index in [2.05, 4.69) is 15.0 Å². The molecule has 1 aliphatic heterocycles. The number of aliphatic hydroxyl groups is 3. The van der Waals surface area contributed by atoms with Crippen molar-refractivity contribution in [1.82, 2.24) is 19.5 Å². The highest BCUT2D eigenvalue weighted by Crippen LogP contribution is 2.32. The predicted molar refractivity (Wildman–Crippen MR) is 70.8 cm³/mol. The van der Waals surface area contributed by atoms with Gasteiger partial charge in [0.1, 0.15) is 24.4 Å². The van der Waals surface area contributed by atoms with E-state index >= 15 is 0 Å². The van der Waals surface area contributed by atoms with Crippen LogP contribution in [0.25, 0.3) is 11.2 Å². The molecular weight excluding hydrogens is 296 g/mol. The molecule has 1 unspecified atom stereocenters. The quantitative estimate of drug-likeness (QED) is 0.493. The predicted octanol–water partition coefficient (Wildman–Crippen LogP) is -2.31. The lowest BCUT2D eigenvalue weighted by Gasteiger charge is -2.18. The molecule has 0 saturated carbocycles. The van der Waals surface area contributed by atoms with Gasteiger partial charge in [0.25, 0.3) is 5.56 Å². The molecule has 22 heavy (non-hydrogen) atoms. The number of nitrogens with zero attached hydrogens (tertiary/aromatic N) is 3. The van der Waals surface area contributed by atoms with E-state index in [1.165, 1.54) is 17.2 Å². The van der Waals surface area contributed by atoms with Crippen LogP contribution in [0.1, 0.15) is 13.2 Å². The summed E-state index contributed by atoms with van der Waals surface area (Å²) < 4.78 is 6.67. The zero-order chi connectivity index (χ0) is 16.0. The first-order valence-electron chi connectivity index (χ1n) is 6.52. The van der Waals surface area contributed by atoms with E-state index in [9.17, 15) is 24.9 Å². The summed E-state index contributed by atoms with van der Waals surface area (Å²) in [7, 11) is 0. The number of rotatable bonds is 3. The number of hydrogen-bond donors (Lipinski definition) is 4. The van der Waals surface area contributed by atoms with Gasteiger partial charge < -0.3 is 25.0 Å². The van der Waals surface area contributed by atoms with Crippen LogP contribution in [0.15, 0.2) is 17.4 Å². The minimum absolute atomic E-state index is 0.0448. The molecule has 3 heterocycles. The van der Waals surface area contributed by atoms with E-state index in [1.54, 1.807) is 0 Å². The fourth-order valence-corrected chi connectivity index (χ4v) is 2.46. The first kappa shape index (κ1) is 14.8. The fraction of sp³-hybridized carbons (Fsp3) is 0.500. The number of aliphatic hydroxyl groups excluding tert-OH is 3. The lowest BCUT2D eigenvalue weighted by molar-refractivity contribution is -0.139. The third-order valence-corrected chi connectivity index (χ3v) is 3.64. The first-order valence-corrected chi connectivity index (χ1v) is 6.52. The second-order valence-corrected chi connectivity index (χ2v) is 5.08. The minimum atomic E-state index is -1.57. The molecule has 1 fully saturated rings.